The maximum atomic E-state index is 3.71. The Bertz CT molecular complexity index is 189. The first kappa shape index (κ1) is 16.9. The molecule has 0 bridgehead atoms. The normalized spacial score (nSPS) is 16.2. The topological polar surface area (TPSA) is 15.3 Å². The highest BCUT2D eigenvalue weighted by Gasteiger charge is 2.25. The maximum Gasteiger partial charge on any atom is 0.0220 e. The third-order valence-electron chi connectivity index (χ3n) is 4.36. The molecule has 0 saturated heterocycles. The summed E-state index contributed by atoms with van der Waals surface area (Å²) < 4.78 is 0. The minimum atomic E-state index is 0.305. The molecule has 0 aromatic rings. The highest BCUT2D eigenvalue weighted by atomic mass is 15.2. The summed E-state index contributed by atoms with van der Waals surface area (Å²) in [4.78, 5) is 2.51. The van der Waals surface area contributed by atoms with E-state index >= 15 is 0 Å². The Morgan fingerprint density at radius 1 is 1.18 bits per heavy atom. The lowest BCUT2D eigenvalue weighted by Gasteiger charge is -2.39. The second kappa shape index (κ2) is 8.10. The van der Waals surface area contributed by atoms with E-state index in [1.165, 1.54) is 19.3 Å². The van der Waals surface area contributed by atoms with Crippen LogP contribution in [0.1, 0.15) is 60.8 Å². The molecule has 0 aliphatic heterocycles. The van der Waals surface area contributed by atoms with Crippen LogP contribution in [-0.2, 0) is 0 Å². The van der Waals surface area contributed by atoms with Crippen LogP contribution in [0.15, 0.2) is 0 Å². The van der Waals surface area contributed by atoms with Crippen LogP contribution in [0.3, 0.4) is 0 Å². The molecule has 0 radical (unpaired) electrons. The summed E-state index contributed by atoms with van der Waals surface area (Å²) >= 11 is 0. The molecule has 0 amide bonds. The van der Waals surface area contributed by atoms with Crippen LogP contribution in [0.4, 0.5) is 0 Å². The van der Waals surface area contributed by atoms with Gasteiger partial charge in [-0.3, -0.25) is 4.90 Å². The molecule has 17 heavy (non-hydrogen) atoms. The number of rotatable bonds is 9. The van der Waals surface area contributed by atoms with E-state index in [0.29, 0.717) is 11.6 Å². The van der Waals surface area contributed by atoms with Crippen molar-refractivity contribution in [2.75, 3.05) is 20.1 Å². The monoisotopic (exact) mass is 242 g/mol. The maximum absolute atomic E-state index is 3.71. The zero-order chi connectivity index (χ0) is 13.5. The summed E-state index contributed by atoms with van der Waals surface area (Å²) in [6.07, 6.45) is 3.67. The fraction of sp³-hybridized carbons (Fsp3) is 1.00. The molecule has 0 fully saturated rings. The van der Waals surface area contributed by atoms with Crippen molar-refractivity contribution in [3.8, 4) is 0 Å². The molecule has 2 heteroatoms. The van der Waals surface area contributed by atoms with Crippen molar-refractivity contribution in [1.29, 1.82) is 0 Å². The van der Waals surface area contributed by atoms with E-state index in [0.717, 1.165) is 19.0 Å². The summed E-state index contributed by atoms with van der Waals surface area (Å²) in [6, 6.07) is 0.621. The number of nitrogens with one attached hydrogen (secondary N) is 1. The summed E-state index contributed by atoms with van der Waals surface area (Å²) in [5, 5.41) is 3.71. The van der Waals surface area contributed by atoms with E-state index in [9.17, 15) is 0 Å². The van der Waals surface area contributed by atoms with Gasteiger partial charge in [0.1, 0.15) is 0 Å². The zero-order valence-electron chi connectivity index (χ0n) is 13.1. The Morgan fingerprint density at radius 2 is 1.76 bits per heavy atom. The molecule has 0 aromatic carbocycles. The van der Waals surface area contributed by atoms with E-state index in [1.807, 2.05) is 0 Å². The number of hydrogen-bond acceptors (Lipinski definition) is 2. The van der Waals surface area contributed by atoms with Gasteiger partial charge in [0.25, 0.3) is 0 Å². The van der Waals surface area contributed by atoms with Crippen molar-refractivity contribution in [3.05, 3.63) is 0 Å². The molecule has 0 spiro atoms. The smallest absolute Gasteiger partial charge is 0.0220 e. The first-order valence-corrected chi connectivity index (χ1v) is 7.33. The lowest BCUT2D eigenvalue weighted by Crippen LogP contribution is -2.50. The quantitative estimate of drug-likeness (QED) is 0.665. The van der Waals surface area contributed by atoms with Crippen LogP contribution in [0.2, 0.25) is 0 Å². The third-order valence-corrected chi connectivity index (χ3v) is 4.36. The van der Waals surface area contributed by atoms with Crippen molar-refractivity contribution in [2.24, 2.45) is 5.92 Å². The molecule has 0 rings (SSSR count). The lowest BCUT2D eigenvalue weighted by molar-refractivity contribution is 0.122. The Hall–Kier alpha value is -0.0800. The van der Waals surface area contributed by atoms with Gasteiger partial charge >= 0.3 is 0 Å². The SMILES string of the molecule is CCCNC(CN(C)C(C)(C)CC)C(C)CC. The minimum Gasteiger partial charge on any atom is -0.312 e. The van der Waals surface area contributed by atoms with Gasteiger partial charge < -0.3 is 5.32 Å². The summed E-state index contributed by atoms with van der Waals surface area (Å²) in [5.74, 6) is 0.747. The van der Waals surface area contributed by atoms with Gasteiger partial charge in [-0.1, -0.05) is 34.1 Å². The van der Waals surface area contributed by atoms with E-state index in [4.69, 9.17) is 0 Å². The molecule has 0 heterocycles. The van der Waals surface area contributed by atoms with Crippen LogP contribution in [0.25, 0.3) is 0 Å². The molecule has 2 unspecified atom stereocenters. The summed E-state index contributed by atoms with van der Waals surface area (Å²) in [7, 11) is 2.26. The van der Waals surface area contributed by atoms with Gasteiger partial charge in [-0.15, -0.1) is 0 Å². The van der Waals surface area contributed by atoms with Crippen LogP contribution in [0.5, 0.6) is 0 Å². The number of likely N-dealkylation sites (N-methyl/N-ethyl adjacent to an activating group) is 1. The average Bonchev–Trinajstić information content (AvgIpc) is 2.32. The standard InChI is InChI=1S/C15H34N2/c1-8-11-16-14(13(4)9-2)12-17(7)15(5,6)10-3/h13-14,16H,8-12H2,1-7H3. The van der Waals surface area contributed by atoms with Crippen molar-refractivity contribution in [3.63, 3.8) is 0 Å². The van der Waals surface area contributed by atoms with Crippen LogP contribution in [0, 0.1) is 5.92 Å². The highest BCUT2D eigenvalue weighted by Crippen LogP contribution is 2.19. The van der Waals surface area contributed by atoms with Gasteiger partial charge in [0, 0.05) is 18.1 Å². The molecule has 104 valence electrons. The first-order chi connectivity index (χ1) is 7.88. The first-order valence-electron chi connectivity index (χ1n) is 7.33. The Morgan fingerprint density at radius 3 is 2.18 bits per heavy atom. The second-order valence-electron chi connectivity index (χ2n) is 5.99. The molecule has 2 nitrogen and oxygen atoms in total. The molecular formula is C15H34N2. The van der Waals surface area contributed by atoms with Gasteiger partial charge in [0.15, 0.2) is 0 Å². The fourth-order valence-electron chi connectivity index (χ4n) is 1.87. The van der Waals surface area contributed by atoms with E-state index in [2.05, 4.69) is 58.8 Å². The summed E-state index contributed by atoms with van der Waals surface area (Å²) in [5.41, 5.74) is 0.305. The van der Waals surface area contributed by atoms with E-state index < -0.39 is 0 Å². The van der Waals surface area contributed by atoms with Gasteiger partial charge in [0.2, 0.25) is 0 Å². The summed E-state index contributed by atoms with van der Waals surface area (Å²) in [6.45, 7) is 16.1. The Kier molecular flexibility index (Phi) is 8.06. The molecule has 0 aliphatic rings. The molecule has 2 atom stereocenters. The number of nitrogens with zero attached hydrogens (tertiary/aromatic N) is 1. The highest BCUT2D eigenvalue weighted by molar-refractivity contribution is 4.83. The lowest BCUT2D eigenvalue weighted by atomic mass is 9.94. The molecule has 0 saturated carbocycles. The Balaban J connectivity index is 4.41. The van der Waals surface area contributed by atoms with Gasteiger partial charge in [-0.2, -0.15) is 0 Å². The molecule has 1 N–H and O–H groups in total. The second-order valence-corrected chi connectivity index (χ2v) is 5.99. The van der Waals surface area contributed by atoms with E-state index in [1.54, 1.807) is 0 Å². The minimum absolute atomic E-state index is 0.305. The van der Waals surface area contributed by atoms with Crippen molar-refractivity contribution < 1.29 is 0 Å². The average molecular weight is 242 g/mol. The molecule has 0 aromatic heterocycles. The fourth-order valence-corrected chi connectivity index (χ4v) is 1.87. The van der Waals surface area contributed by atoms with E-state index in [-0.39, 0.29) is 0 Å². The van der Waals surface area contributed by atoms with Crippen LogP contribution < -0.4 is 5.32 Å². The largest absolute Gasteiger partial charge is 0.312 e. The van der Waals surface area contributed by atoms with Crippen molar-refractivity contribution >= 4 is 0 Å². The van der Waals surface area contributed by atoms with Gasteiger partial charge in [0.05, 0.1) is 0 Å². The van der Waals surface area contributed by atoms with Gasteiger partial charge in [-0.25, -0.2) is 0 Å². The number of hydrogen-bond donors (Lipinski definition) is 1. The van der Waals surface area contributed by atoms with Crippen LogP contribution in [-0.4, -0.2) is 36.6 Å². The van der Waals surface area contributed by atoms with Crippen LogP contribution >= 0.6 is 0 Å². The van der Waals surface area contributed by atoms with Gasteiger partial charge in [-0.05, 0) is 46.2 Å². The Labute approximate surface area is 109 Å². The third kappa shape index (κ3) is 5.87. The predicted molar refractivity (Wildman–Crippen MR) is 78.5 cm³/mol. The predicted octanol–water partition coefficient (Wildman–Crippen LogP) is 3.52. The molecule has 0 aliphatic carbocycles. The van der Waals surface area contributed by atoms with Crippen molar-refractivity contribution in [1.82, 2.24) is 10.2 Å². The van der Waals surface area contributed by atoms with Crippen molar-refractivity contribution in [2.45, 2.75) is 72.4 Å². The molecular weight excluding hydrogens is 208 g/mol. The zero-order valence-corrected chi connectivity index (χ0v) is 13.1.